The predicted molar refractivity (Wildman–Crippen MR) is 86.9 cm³/mol. The van der Waals surface area contributed by atoms with Gasteiger partial charge in [0.2, 0.25) is 5.91 Å². The summed E-state index contributed by atoms with van der Waals surface area (Å²) in [6.07, 6.45) is 5.03. The topological polar surface area (TPSA) is 53.0 Å². The van der Waals surface area contributed by atoms with Gasteiger partial charge in [0.05, 0.1) is 18.2 Å². The Morgan fingerprint density at radius 1 is 1.26 bits per heavy atom. The lowest BCUT2D eigenvalue weighted by Crippen LogP contribution is -2.70. The van der Waals surface area contributed by atoms with E-state index in [0.717, 1.165) is 38.8 Å². The minimum Gasteiger partial charge on any atom is -0.393 e. The number of likely N-dealkylation sites (tertiary alicyclic amines) is 2. The zero-order valence-corrected chi connectivity index (χ0v) is 14.2. The first-order chi connectivity index (χ1) is 11.1. The summed E-state index contributed by atoms with van der Waals surface area (Å²) in [6.45, 7) is 7.86. The van der Waals surface area contributed by atoms with Gasteiger partial charge in [0, 0.05) is 38.7 Å². The molecule has 5 heteroatoms. The Morgan fingerprint density at radius 2 is 2.00 bits per heavy atom. The molecule has 4 aliphatic rings. The van der Waals surface area contributed by atoms with E-state index in [1.165, 1.54) is 25.8 Å². The fourth-order valence-corrected chi connectivity index (χ4v) is 4.71. The maximum atomic E-state index is 12.5. The molecule has 2 saturated heterocycles. The fraction of sp³-hybridized carbons (Fsp3) is 0.944. The molecule has 1 amide bonds. The molecule has 1 spiro atoms. The molecule has 0 aromatic rings. The van der Waals surface area contributed by atoms with Crippen molar-refractivity contribution in [1.82, 2.24) is 9.80 Å². The molecule has 2 saturated carbocycles. The molecule has 2 heterocycles. The summed E-state index contributed by atoms with van der Waals surface area (Å²) in [7, 11) is 0. The zero-order chi connectivity index (χ0) is 16.0. The normalized spacial score (nSPS) is 36.1. The maximum Gasteiger partial charge on any atom is 0.226 e. The Hall–Kier alpha value is -0.650. The lowest BCUT2D eigenvalue weighted by Gasteiger charge is -2.54. The quantitative estimate of drug-likeness (QED) is 0.796. The van der Waals surface area contributed by atoms with Gasteiger partial charge in [0.15, 0.2) is 0 Å². The first-order valence-corrected chi connectivity index (χ1v) is 9.39. The van der Waals surface area contributed by atoms with Crippen LogP contribution in [0, 0.1) is 17.8 Å². The highest BCUT2D eigenvalue weighted by Crippen LogP contribution is 2.44. The van der Waals surface area contributed by atoms with Crippen molar-refractivity contribution < 1.29 is 14.6 Å². The second-order valence-corrected chi connectivity index (χ2v) is 8.32. The highest BCUT2D eigenvalue weighted by atomic mass is 16.5. The van der Waals surface area contributed by atoms with Crippen LogP contribution in [0.1, 0.15) is 39.0 Å². The molecule has 5 nitrogen and oxygen atoms in total. The van der Waals surface area contributed by atoms with Crippen molar-refractivity contribution in [2.45, 2.75) is 50.7 Å². The maximum absolute atomic E-state index is 12.5. The lowest BCUT2D eigenvalue weighted by molar-refractivity contribution is -0.155. The Labute approximate surface area is 139 Å². The van der Waals surface area contributed by atoms with Crippen molar-refractivity contribution in [1.29, 1.82) is 0 Å². The van der Waals surface area contributed by atoms with E-state index < -0.39 is 0 Å². The monoisotopic (exact) mass is 322 g/mol. The smallest absolute Gasteiger partial charge is 0.226 e. The van der Waals surface area contributed by atoms with Crippen LogP contribution in [-0.4, -0.2) is 71.8 Å². The van der Waals surface area contributed by atoms with Gasteiger partial charge in [-0.15, -0.1) is 0 Å². The van der Waals surface area contributed by atoms with Crippen molar-refractivity contribution in [2.75, 3.05) is 39.4 Å². The van der Waals surface area contributed by atoms with Crippen LogP contribution in [0.5, 0.6) is 0 Å². The number of amides is 1. The molecule has 23 heavy (non-hydrogen) atoms. The highest BCUT2D eigenvalue weighted by molar-refractivity contribution is 5.81. The average Bonchev–Trinajstić information content (AvgIpc) is 3.19. The number of hydrogen-bond donors (Lipinski definition) is 1. The molecule has 0 bridgehead atoms. The summed E-state index contributed by atoms with van der Waals surface area (Å²) in [5, 5.41) is 9.42. The van der Waals surface area contributed by atoms with Crippen LogP contribution in [0.2, 0.25) is 0 Å². The number of ether oxygens (including phenoxy) is 1. The van der Waals surface area contributed by atoms with Crippen LogP contribution < -0.4 is 0 Å². The van der Waals surface area contributed by atoms with Crippen molar-refractivity contribution in [3.63, 3.8) is 0 Å². The third-order valence-electron chi connectivity index (χ3n) is 6.30. The summed E-state index contributed by atoms with van der Waals surface area (Å²) in [4.78, 5) is 17.2. The van der Waals surface area contributed by atoms with E-state index in [0.29, 0.717) is 18.8 Å². The van der Waals surface area contributed by atoms with Crippen molar-refractivity contribution in [3.05, 3.63) is 0 Å². The summed E-state index contributed by atoms with van der Waals surface area (Å²) in [5.41, 5.74) is 0.225. The number of aliphatic hydroxyl groups is 1. The molecule has 1 atom stereocenters. The van der Waals surface area contributed by atoms with E-state index in [1.807, 2.05) is 4.90 Å². The molecule has 0 aromatic heterocycles. The van der Waals surface area contributed by atoms with Gasteiger partial charge in [-0.25, -0.2) is 0 Å². The van der Waals surface area contributed by atoms with Gasteiger partial charge in [-0.3, -0.25) is 9.69 Å². The number of hydrogen-bond acceptors (Lipinski definition) is 4. The van der Waals surface area contributed by atoms with Gasteiger partial charge in [-0.2, -0.15) is 0 Å². The van der Waals surface area contributed by atoms with Crippen molar-refractivity contribution >= 4 is 5.91 Å². The second kappa shape index (κ2) is 6.01. The molecule has 4 rings (SSSR count). The van der Waals surface area contributed by atoms with Gasteiger partial charge in [-0.05, 0) is 50.9 Å². The molecule has 4 fully saturated rings. The minimum absolute atomic E-state index is 0.0832. The molecule has 2 aliphatic carbocycles. The van der Waals surface area contributed by atoms with Gasteiger partial charge < -0.3 is 14.7 Å². The third-order valence-corrected chi connectivity index (χ3v) is 6.30. The molecule has 0 aromatic carbocycles. The van der Waals surface area contributed by atoms with Gasteiger partial charge in [0.1, 0.15) is 0 Å². The highest BCUT2D eigenvalue weighted by Gasteiger charge is 2.56. The number of aliphatic hydroxyl groups excluding tert-OH is 1. The van der Waals surface area contributed by atoms with Gasteiger partial charge in [-0.1, -0.05) is 0 Å². The van der Waals surface area contributed by atoms with E-state index in [4.69, 9.17) is 4.74 Å². The van der Waals surface area contributed by atoms with Gasteiger partial charge in [0.25, 0.3) is 0 Å². The van der Waals surface area contributed by atoms with E-state index in [-0.39, 0.29) is 23.5 Å². The SMILES string of the molecule is CCOCC1CN(CC2CC2)C2(C1)CN(C(=O)C1CC(O)C1)C2. The number of carbonyl (C=O) groups excluding carboxylic acids is 1. The largest absolute Gasteiger partial charge is 0.393 e. The molecule has 1 N–H and O–H groups in total. The van der Waals surface area contributed by atoms with Crippen LogP contribution in [0.25, 0.3) is 0 Å². The fourth-order valence-electron chi connectivity index (χ4n) is 4.71. The van der Waals surface area contributed by atoms with Crippen LogP contribution >= 0.6 is 0 Å². The molecule has 2 aliphatic heterocycles. The molecule has 0 radical (unpaired) electrons. The van der Waals surface area contributed by atoms with E-state index in [9.17, 15) is 9.90 Å². The third kappa shape index (κ3) is 3.03. The number of nitrogens with zero attached hydrogens (tertiary/aromatic N) is 2. The Balaban J connectivity index is 1.35. The average molecular weight is 322 g/mol. The van der Waals surface area contributed by atoms with Crippen molar-refractivity contribution in [2.24, 2.45) is 17.8 Å². The Kier molecular flexibility index (Phi) is 4.14. The van der Waals surface area contributed by atoms with E-state index in [2.05, 4.69) is 11.8 Å². The van der Waals surface area contributed by atoms with E-state index in [1.54, 1.807) is 0 Å². The molecule has 1 unspecified atom stereocenters. The molecule has 130 valence electrons. The first-order valence-electron chi connectivity index (χ1n) is 9.39. The summed E-state index contributed by atoms with van der Waals surface area (Å²) >= 11 is 0. The van der Waals surface area contributed by atoms with E-state index >= 15 is 0 Å². The van der Waals surface area contributed by atoms with Crippen LogP contribution in [0.15, 0.2) is 0 Å². The first kappa shape index (κ1) is 15.9. The molecular formula is C18H30N2O3. The zero-order valence-electron chi connectivity index (χ0n) is 14.2. The Bertz CT molecular complexity index is 453. The van der Waals surface area contributed by atoms with Crippen LogP contribution in [0.3, 0.4) is 0 Å². The predicted octanol–water partition coefficient (Wildman–Crippen LogP) is 1.11. The summed E-state index contributed by atoms with van der Waals surface area (Å²) in [5.74, 6) is 1.88. The summed E-state index contributed by atoms with van der Waals surface area (Å²) < 4.78 is 5.66. The summed E-state index contributed by atoms with van der Waals surface area (Å²) in [6, 6.07) is 0. The van der Waals surface area contributed by atoms with Crippen LogP contribution in [-0.2, 0) is 9.53 Å². The lowest BCUT2D eigenvalue weighted by atomic mass is 9.78. The minimum atomic E-state index is -0.243. The Morgan fingerprint density at radius 3 is 2.61 bits per heavy atom. The molecular weight excluding hydrogens is 292 g/mol. The van der Waals surface area contributed by atoms with Crippen LogP contribution in [0.4, 0.5) is 0 Å². The second-order valence-electron chi connectivity index (χ2n) is 8.32. The van der Waals surface area contributed by atoms with Gasteiger partial charge >= 0.3 is 0 Å². The standard InChI is InChI=1S/C18H30N2O3/c1-2-23-10-14-7-18(20(9-14)8-13-3-4-13)11-19(12-18)17(22)15-5-16(21)6-15/h13-16,21H,2-12H2,1H3. The number of carbonyl (C=O) groups is 1. The number of rotatable bonds is 6. The van der Waals surface area contributed by atoms with Crippen molar-refractivity contribution in [3.8, 4) is 0 Å².